The quantitative estimate of drug-likeness (QED) is 0.407. The fraction of sp³-hybridized carbons (Fsp3) is 0.273. The number of Topliss-reactive ketones (excluding diaryl/α,β-unsaturated/α-hetero) is 1. The van der Waals surface area contributed by atoms with Crippen molar-refractivity contribution in [1.82, 2.24) is 0 Å². The third-order valence-electron chi connectivity index (χ3n) is 1.65. The van der Waals surface area contributed by atoms with Crippen LogP contribution in [-0.2, 0) is 4.84 Å². The fourth-order valence-corrected chi connectivity index (χ4v) is 0.989. The second-order valence-corrected chi connectivity index (χ2v) is 2.70. The van der Waals surface area contributed by atoms with E-state index < -0.39 is 0 Å². The van der Waals surface area contributed by atoms with E-state index in [9.17, 15) is 4.79 Å². The van der Waals surface area contributed by atoms with Gasteiger partial charge in [-0.2, -0.15) is 0 Å². The van der Waals surface area contributed by atoms with Gasteiger partial charge in [0.15, 0.2) is 5.78 Å². The fourth-order valence-electron chi connectivity index (χ4n) is 0.989. The molecule has 0 unspecified atom stereocenters. The summed E-state index contributed by atoms with van der Waals surface area (Å²) >= 11 is 0. The molecular weight excluding hydrogens is 178 g/mol. The molecule has 0 aliphatic heterocycles. The van der Waals surface area contributed by atoms with Crippen LogP contribution in [0.15, 0.2) is 35.5 Å². The zero-order valence-corrected chi connectivity index (χ0v) is 8.14. The topological polar surface area (TPSA) is 38.7 Å². The molecule has 1 rings (SSSR count). The van der Waals surface area contributed by atoms with E-state index in [0.29, 0.717) is 12.2 Å². The van der Waals surface area contributed by atoms with Crippen LogP contribution >= 0.6 is 0 Å². The van der Waals surface area contributed by atoms with E-state index in [1.165, 1.54) is 6.21 Å². The van der Waals surface area contributed by atoms with Crippen LogP contribution in [0, 0.1) is 0 Å². The summed E-state index contributed by atoms with van der Waals surface area (Å²) in [5.74, 6) is 0.0500. The molecule has 14 heavy (non-hydrogen) atoms. The number of hydrogen-bond acceptors (Lipinski definition) is 3. The Kier molecular flexibility index (Phi) is 4.41. The van der Waals surface area contributed by atoms with Crippen LogP contribution in [0.3, 0.4) is 0 Å². The highest BCUT2D eigenvalue weighted by molar-refractivity contribution is 6.03. The number of ketones is 1. The van der Waals surface area contributed by atoms with Crippen molar-refractivity contribution in [2.45, 2.75) is 13.3 Å². The van der Waals surface area contributed by atoms with Crippen LogP contribution in [-0.4, -0.2) is 18.6 Å². The largest absolute Gasteiger partial charge is 0.396 e. The SMILES string of the molecule is CCON=CCC(=O)c1ccccc1. The molecule has 0 aromatic heterocycles. The molecule has 0 radical (unpaired) electrons. The Bertz CT molecular complexity index is 306. The normalized spacial score (nSPS) is 10.4. The van der Waals surface area contributed by atoms with E-state index in [0.717, 1.165) is 0 Å². The molecule has 74 valence electrons. The number of rotatable bonds is 5. The van der Waals surface area contributed by atoms with E-state index in [4.69, 9.17) is 4.84 Å². The van der Waals surface area contributed by atoms with E-state index in [1.807, 2.05) is 25.1 Å². The number of carbonyl (C=O) groups excluding carboxylic acids is 1. The Labute approximate surface area is 83.4 Å². The summed E-state index contributed by atoms with van der Waals surface area (Å²) in [5, 5.41) is 3.61. The van der Waals surface area contributed by atoms with Gasteiger partial charge in [0.05, 0.1) is 6.21 Å². The third kappa shape index (κ3) is 3.39. The minimum atomic E-state index is 0.0500. The maximum Gasteiger partial charge on any atom is 0.168 e. The number of hydrogen-bond donors (Lipinski definition) is 0. The Morgan fingerprint density at radius 2 is 2.14 bits per heavy atom. The molecule has 0 amide bonds. The van der Waals surface area contributed by atoms with E-state index in [1.54, 1.807) is 12.1 Å². The van der Waals surface area contributed by atoms with Crippen molar-refractivity contribution < 1.29 is 9.63 Å². The molecule has 1 aromatic rings. The van der Waals surface area contributed by atoms with Gasteiger partial charge in [-0.25, -0.2) is 0 Å². The Morgan fingerprint density at radius 1 is 1.43 bits per heavy atom. The second kappa shape index (κ2) is 5.91. The van der Waals surface area contributed by atoms with E-state index >= 15 is 0 Å². The first kappa shape index (κ1) is 10.4. The third-order valence-corrected chi connectivity index (χ3v) is 1.65. The molecule has 0 spiro atoms. The molecule has 0 saturated carbocycles. The lowest BCUT2D eigenvalue weighted by atomic mass is 10.1. The number of carbonyl (C=O) groups is 1. The van der Waals surface area contributed by atoms with Crippen molar-refractivity contribution in [3.8, 4) is 0 Å². The molecule has 0 N–H and O–H groups in total. The van der Waals surface area contributed by atoms with Gasteiger partial charge < -0.3 is 4.84 Å². The standard InChI is InChI=1S/C11H13NO2/c1-2-14-12-9-8-11(13)10-6-4-3-5-7-10/h3-7,9H,2,8H2,1H3. The molecule has 0 heterocycles. The van der Waals surface area contributed by atoms with Crippen molar-refractivity contribution in [2.75, 3.05) is 6.61 Å². The van der Waals surface area contributed by atoms with Gasteiger partial charge in [-0.1, -0.05) is 35.5 Å². The minimum Gasteiger partial charge on any atom is -0.396 e. The highest BCUT2D eigenvalue weighted by atomic mass is 16.6. The number of nitrogens with zero attached hydrogens (tertiary/aromatic N) is 1. The van der Waals surface area contributed by atoms with Gasteiger partial charge in [-0.15, -0.1) is 0 Å². The highest BCUT2D eigenvalue weighted by Crippen LogP contribution is 2.01. The average Bonchev–Trinajstić information content (AvgIpc) is 2.25. The van der Waals surface area contributed by atoms with Crippen LogP contribution < -0.4 is 0 Å². The molecule has 3 heteroatoms. The van der Waals surface area contributed by atoms with Gasteiger partial charge in [0.1, 0.15) is 6.61 Å². The molecule has 1 aromatic carbocycles. The Balaban J connectivity index is 2.44. The molecule has 3 nitrogen and oxygen atoms in total. The van der Waals surface area contributed by atoms with Crippen molar-refractivity contribution in [3.63, 3.8) is 0 Å². The summed E-state index contributed by atoms with van der Waals surface area (Å²) in [4.78, 5) is 16.2. The zero-order chi connectivity index (χ0) is 10.2. The van der Waals surface area contributed by atoms with Crippen LogP contribution in [0.4, 0.5) is 0 Å². The van der Waals surface area contributed by atoms with Gasteiger partial charge in [-0.3, -0.25) is 4.79 Å². The van der Waals surface area contributed by atoms with Crippen LogP contribution in [0.2, 0.25) is 0 Å². The first-order valence-corrected chi connectivity index (χ1v) is 4.56. The van der Waals surface area contributed by atoms with Gasteiger partial charge in [0, 0.05) is 12.0 Å². The highest BCUT2D eigenvalue weighted by Gasteiger charge is 2.01. The monoisotopic (exact) mass is 191 g/mol. The van der Waals surface area contributed by atoms with Crippen LogP contribution in [0.1, 0.15) is 23.7 Å². The van der Waals surface area contributed by atoms with Crippen molar-refractivity contribution in [3.05, 3.63) is 35.9 Å². The molecule has 0 aliphatic carbocycles. The Hall–Kier alpha value is -1.64. The van der Waals surface area contributed by atoms with Gasteiger partial charge >= 0.3 is 0 Å². The molecular formula is C11H13NO2. The first-order chi connectivity index (χ1) is 6.84. The summed E-state index contributed by atoms with van der Waals surface area (Å²) in [7, 11) is 0. The number of oxime groups is 1. The van der Waals surface area contributed by atoms with Crippen molar-refractivity contribution in [2.24, 2.45) is 5.16 Å². The molecule has 0 saturated heterocycles. The molecule has 0 fully saturated rings. The average molecular weight is 191 g/mol. The van der Waals surface area contributed by atoms with E-state index in [-0.39, 0.29) is 12.2 Å². The second-order valence-electron chi connectivity index (χ2n) is 2.70. The smallest absolute Gasteiger partial charge is 0.168 e. The first-order valence-electron chi connectivity index (χ1n) is 4.56. The van der Waals surface area contributed by atoms with Gasteiger partial charge in [0.25, 0.3) is 0 Å². The van der Waals surface area contributed by atoms with Gasteiger partial charge in [-0.05, 0) is 6.92 Å². The summed E-state index contributed by atoms with van der Waals surface area (Å²) < 4.78 is 0. The van der Waals surface area contributed by atoms with Crippen LogP contribution in [0.5, 0.6) is 0 Å². The lowest BCUT2D eigenvalue weighted by Gasteiger charge is -1.95. The van der Waals surface area contributed by atoms with Gasteiger partial charge in [0.2, 0.25) is 0 Å². The van der Waals surface area contributed by atoms with E-state index in [2.05, 4.69) is 5.16 Å². The number of benzene rings is 1. The predicted octanol–water partition coefficient (Wildman–Crippen LogP) is 2.28. The summed E-state index contributed by atoms with van der Waals surface area (Å²) in [5.41, 5.74) is 0.704. The minimum absolute atomic E-state index is 0.0500. The lowest BCUT2D eigenvalue weighted by Crippen LogP contribution is -1.99. The summed E-state index contributed by atoms with van der Waals surface area (Å²) in [6, 6.07) is 9.14. The summed E-state index contributed by atoms with van der Waals surface area (Å²) in [6.45, 7) is 2.37. The molecule has 0 aliphatic rings. The predicted molar refractivity (Wildman–Crippen MR) is 55.5 cm³/mol. The molecule has 0 atom stereocenters. The van der Waals surface area contributed by atoms with Crippen molar-refractivity contribution >= 4 is 12.0 Å². The summed E-state index contributed by atoms with van der Waals surface area (Å²) in [6.07, 6.45) is 1.77. The lowest BCUT2D eigenvalue weighted by molar-refractivity contribution is 0.0998. The Morgan fingerprint density at radius 3 is 2.79 bits per heavy atom. The molecule has 0 bridgehead atoms. The maximum absolute atomic E-state index is 11.5. The van der Waals surface area contributed by atoms with Crippen LogP contribution in [0.25, 0.3) is 0 Å². The maximum atomic E-state index is 11.5. The van der Waals surface area contributed by atoms with Crippen molar-refractivity contribution in [1.29, 1.82) is 0 Å². The zero-order valence-electron chi connectivity index (χ0n) is 8.14.